The SMILES string of the molecule is CCn1cc(S(=O)(=O)N2CCCC(C)(C)C2)c(N)n1. The van der Waals surface area contributed by atoms with Crippen LogP contribution in [0.1, 0.15) is 33.6 Å². The van der Waals surface area contributed by atoms with Crippen LogP contribution in [0.3, 0.4) is 0 Å². The minimum atomic E-state index is -3.53. The zero-order valence-corrected chi connectivity index (χ0v) is 12.6. The van der Waals surface area contributed by atoms with Crippen LogP contribution in [0.2, 0.25) is 0 Å². The Bertz CT molecular complexity index is 562. The van der Waals surface area contributed by atoms with Crippen LogP contribution in [-0.2, 0) is 16.6 Å². The van der Waals surface area contributed by atoms with Crippen molar-refractivity contribution >= 4 is 15.8 Å². The lowest BCUT2D eigenvalue weighted by Gasteiger charge is -2.36. The van der Waals surface area contributed by atoms with E-state index in [4.69, 9.17) is 5.73 Å². The van der Waals surface area contributed by atoms with E-state index in [1.807, 2.05) is 6.92 Å². The molecule has 1 aromatic heterocycles. The van der Waals surface area contributed by atoms with Crippen LogP contribution < -0.4 is 5.73 Å². The van der Waals surface area contributed by atoms with Gasteiger partial charge in [-0.05, 0) is 25.2 Å². The average Bonchev–Trinajstić information content (AvgIpc) is 2.70. The number of aryl methyl sites for hydroxylation is 1. The zero-order valence-electron chi connectivity index (χ0n) is 11.8. The molecule has 6 nitrogen and oxygen atoms in total. The van der Waals surface area contributed by atoms with Crippen molar-refractivity contribution in [1.82, 2.24) is 14.1 Å². The summed E-state index contributed by atoms with van der Waals surface area (Å²) in [6.07, 6.45) is 3.45. The molecule has 2 N–H and O–H groups in total. The maximum Gasteiger partial charge on any atom is 0.248 e. The number of anilines is 1. The van der Waals surface area contributed by atoms with Gasteiger partial charge in [-0.3, -0.25) is 4.68 Å². The Morgan fingerprint density at radius 3 is 2.68 bits per heavy atom. The Morgan fingerprint density at radius 1 is 1.47 bits per heavy atom. The molecule has 0 atom stereocenters. The van der Waals surface area contributed by atoms with Gasteiger partial charge in [-0.15, -0.1) is 0 Å². The highest BCUT2D eigenvalue weighted by Gasteiger charge is 2.35. The molecule has 1 saturated heterocycles. The Labute approximate surface area is 114 Å². The first-order valence-electron chi connectivity index (χ1n) is 6.59. The second-order valence-corrected chi connectivity index (χ2v) is 7.75. The molecule has 2 heterocycles. The van der Waals surface area contributed by atoms with Crippen molar-refractivity contribution in [3.05, 3.63) is 6.20 Å². The minimum Gasteiger partial charge on any atom is -0.381 e. The fourth-order valence-corrected chi connectivity index (χ4v) is 4.22. The molecule has 19 heavy (non-hydrogen) atoms. The predicted octanol–water partition coefficient (Wildman–Crippen LogP) is 1.30. The third kappa shape index (κ3) is 2.76. The topological polar surface area (TPSA) is 81.2 Å². The number of nitrogen functional groups attached to an aromatic ring is 1. The maximum atomic E-state index is 12.6. The molecular formula is C12H22N4O2S. The summed E-state index contributed by atoms with van der Waals surface area (Å²) < 4.78 is 28.3. The molecule has 1 aliphatic heterocycles. The number of sulfonamides is 1. The van der Waals surface area contributed by atoms with Gasteiger partial charge in [0.05, 0.1) is 0 Å². The van der Waals surface area contributed by atoms with Crippen molar-refractivity contribution in [3.63, 3.8) is 0 Å². The van der Waals surface area contributed by atoms with Crippen LogP contribution in [0.25, 0.3) is 0 Å². The number of piperidine rings is 1. The van der Waals surface area contributed by atoms with Gasteiger partial charge in [0, 0.05) is 25.8 Å². The van der Waals surface area contributed by atoms with E-state index in [2.05, 4.69) is 18.9 Å². The summed E-state index contributed by atoms with van der Waals surface area (Å²) in [4.78, 5) is 0.132. The van der Waals surface area contributed by atoms with Gasteiger partial charge in [-0.25, -0.2) is 8.42 Å². The maximum absolute atomic E-state index is 12.6. The molecule has 1 fully saturated rings. The van der Waals surface area contributed by atoms with Gasteiger partial charge in [0.25, 0.3) is 0 Å². The Kier molecular flexibility index (Phi) is 3.61. The van der Waals surface area contributed by atoms with Gasteiger partial charge in [0.2, 0.25) is 10.0 Å². The lowest BCUT2D eigenvalue weighted by atomic mass is 9.85. The van der Waals surface area contributed by atoms with Crippen LogP contribution in [0.15, 0.2) is 11.1 Å². The van der Waals surface area contributed by atoms with Crippen molar-refractivity contribution in [2.24, 2.45) is 5.41 Å². The number of rotatable bonds is 3. The van der Waals surface area contributed by atoms with Gasteiger partial charge >= 0.3 is 0 Å². The van der Waals surface area contributed by atoms with Crippen LogP contribution in [-0.4, -0.2) is 35.6 Å². The highest BCUT2D eigenvalue weighted by molar-refractivity contribution is 7.89. The van der Waals surface area contributed by atoms with E-state index in [1.54, 1.807) is 4.68 Å². The normalized spacial score (nSPS) is 20.6. The molecular weight excluding hydrogens is 264 g/mol. The summed E-state index contributed by atoms with van der Waals surface area (Å²) in [5, 5.41) is 4.02. The molecule has 0 aromatic carbocycles. The summed E-state index contributed by atoms with van der Waals surface area (Å²) in [5.41, 5.74) is 5.75. The van der Waals surface area contributed by atoms with Crippen molar-refractivity contribution in [2.45, 2.75) is 45.1 Å². The van der Waals surface area contributed by atoms with E-state index in [1.165, 1.54) is 10.5 Å². The van der Waals surface area contributed by atoms with E-state index in [9.17, 15) is 8.42 Å². The predicted molar refractivity (Wildman–Crippen MR) is 74.1 cm³/mol. The van der Waals surface area contributed by atoms with Crippen molar-refractivity contribution in [3.8, 4) is 0 Å². The molecule has 0 aliphatic carbocycles. The first kappa shape index (κ1) is 14.3. The molecule has 2 rings (SSSR count). The van der Waals surface area contributed by atoms with Gasteiger partial charge in [0.15, 0.2) is 5.82 Å². The van der Waals surface area contributed by atoms with Crippen molar-refractivity contribution in [2.75, 3.05) is 18.8 Å². The summed E-state index contributed by atoms with van der Waals surface area (Å²) in [6.45, 7) is 7.77. The Morgan fingerprint density at radius 2 is 2.16 bits per heavy atom. The number of nitrogens with two attached hydrogens (primary N) is 1. The van der Waals surface area contributed by atoms with E-state index < -0.39 is 10.0 Å². The van der Waals surface area contributed by atoms with Crippen LogP contribution in [0, 0.1) is 5.41 Å². The highest BCUT2D eigenvalue weighted by atomic mass is 32.2. The van der Waals surface area contributed by atoms with E-state index in [0.717, 1.165) is 12.8 Å². The van der Waals surface area contributed by atoms with Crippen molar-refractivity contribution in [1.29, 1.82) is 0 Å². The van der Waals surface area contributed by atoms with Crippen LogP contribution >= 0.6 is 0 Å². The lowest BCUT2D eigenvalue weighted by Crippen LogP contribution is -2.43. The molecule has 1 aromatic rings. The summed E-state index contributed by atoms with van der Waals surface area (Å²) in [5.74, 6) is 0.0882. The zero-order chi connectivity index (χ0) is 14.3. The molecule has 0 saturated carbocycles. The highest BCUT2D eigenvalue weighted by Crippen LogP contribution is 2.32. The first-order valence-corrected chi connectivity index (χ1v) is 8.03. The summed E-state index contributed by atoms with van der Waals surface area (Å²) >= 11 is 0. The quantitative estimate of drug-likeness (QED) is 0.908. The van der Waals surface area contributed by atoms with E-state index in [0.29, 0.717) is 19.6 Å². The number of hydrogen-bond acceptors (Lipinski definition) is 4. The van der Waals surface area contributed by atoms with Gasteiger partial charge in [-0.1, -0.05) is 13.8 Å². The van der Waals surface area contributed by atoms with Crippen LogP contribution in [0.4, 0.5) is 5.82 Å². The molecule has 0 bridgehead atoms. The fraction of sp³-hybridized carbons (Fsp3) is 0.750. The summed E-state index contributed by atoms with van der Waals surface area (Å²) in [7, 11) is -3.53. The van der Waals surface area contributed by atoms with Gasteiger partial charge in [0.1, 0.15) is 4.90 Å². The minimum absolute atomic E-state index is 0.0147. The van der Waals surface area contributed by atoms with Gasteiger partial charge in [-0.2, -0.15) is 9.40 Å². The number of hydrogen-bond donors (Lipinski definition) is 1. The van der Waals surface area contributed by atoms with Gasteiger partial charge < -0.3 is 5.73 Å². The van der Waals surface area contributed by atoms with E-state index >= 15 is 0 Å². The Balaban J connectivity index is 2.34. The molecule has 7 heteroatoms. The second-order valence-electron chi connectivity index (χ2n) is 5.84. The molecule has 108 valence electrons. The molecule has 0 unspecified atom stereocenters. The largest absolute Gasteiger partial charge is 0.381 e. The molecule has 1 aliphatic rings. The third-order valence-corrected chi connectivity index (χ3v) is 5.42. The molecule has 0 spiro atoms. The smallest absolute Gasteiger partial charge is 0.248 e. The monoisotopic (exact) mass is 286 g/mol. The number of aromatic nitrogens is 2. The molecule has 0 amide bonds. The van der Waals surface area contributed by atoms with Crippen molar-refractivity contribution < 1.29 is 8.42 Å². The molecule has 0 radical (unpaired) electrons. The second kappa shape index (κ2) is 4.79. The van der Waals surface area contributed by atoms with Crippen LogP contribution in [0.5, 0.6) is 0 Å². The summed E-state index contributed by atoms with van der Waals surface area (Å²) in [6, 6.07) is 0. The number of nitrogens with zero attached hydrogens (tertiary/aromatic N) is 3. The average molecular weight is 286 g/mol. The Hall–Kier alpha value is -1.08. The lowest BCUT2D eigenvalue weighted by molar-refractivity contribution is 0.187. The standard InChI is InChI=1S/C12H22N4O2S/c1-4-15-8-10(11(13)14-15)19(17,18)16-7-5-6-12(2,3)9-16/h8H,4-7,9H2,1-3H3,(H2,13,14). The third-order valence-electron chi connectivity index (χ3n) is 3.56. The fourth-order valence-electron chi connectivity index (χ4n) is 2.49. The van der Waals surface area contributed by atoms with E-state index in [-0.39, 0.29) is 16.1 Å². The first-order chi connectivity index (χ1) is 8.76.